The van der Waals surface area contributed by atoms with E-state index in [1.165, 1.54) is 19.0 Å². The van der Waals surface area contributed by atoms with Gasteiger partial charge in [0.05, 0.1) is 23.5 Å². The van der Waals surface area contributed by atoms with Gasteiger partial charge in [-0.15, -0.1) is 0 Å². The zero-order valence-corrected chi connectivity index (χ0v) is 9.78. The summed E-state index contributed by atoms with van der Waals surface area (Å²) in [6, 6.07) is 5.33. The summed E-state index contributed by atoms with van der Waals surface area (Å²) in [5, 5.41) is 13.3. The molecule has 1 aliphatic carbocycles. The smallest absolute Gasteiger partial charge is 0.337 e. The van der Waals surface area contributed by atoms with Crippen molar-refractivity contribution in [1.82, 2.24) is 14.8 Å². The molecule has 1 N–H and O–H groups in total. The van der Waals surface area contributed by atoms with Crippen LogP contribution in [0.1, 0.15) is 40.5 Å². The summed E-state index contributed by atoms with van der Waals surface area (Å²) in [5.41, 5.74) is 2.17. The van der Waals surface area contributed by atoms with Gasteiger partial charge in [-0.25, -0.2) is 4.79 Å². The minimum absolute atomic E-state index is 0.206. The van der Waals surface area contributed by atoms with Gasteiger partial charge in [0.25, 0.3) is 0 Å². The number of pyridine rings is 1. The van der Waals surface area contributed by atoms with E-state index in [1.54, 1.807) is 12.1 Å². The molecule has 0 amide bonds. The van der Waals surface area contributed by atoms with Crippen molar-refractivity contribution >= 4 is 5.97 Å². The Morgan fingerprint density at radius 3 is 2.83 bits per heavy atom. The van der Waals surface area contributed by atoms with Crippen LogP contribution < -0.4 is 0 Å². The van der Waals surface area contributed by atoms with Crippen molar-refractivity contribution in [1.29, 1.82) is 0 Å². The van der Waals surface area contributed by atoms with E-state index in [9.17, 15) is 4.79 Å². The summed E-state index contributed by atoms with van der Waals surface area (Å²) in [7, 11) is 0. The van der Waals surface area contributed by atoms with Gasteiger partial charge >= 0.3 is 5.97 Å². The van der Waals surface area contributed by atoms with Crippen LogP contribution in [0.2, 0.25) is 0 Å². The van der Waals surface area contributed by atoms with Gasteiger partial charge in [0, 0.05) is 18.3 Å². The predicted octanol–water partition coefficient (Wildman–Crippen LogP) is 1.90. The molecule has 0 bridgehead atoms. The van der Waals surface area contributed by atoms with Crippen molar-refractivity contribution in [2.24, 2.45) is 0 Å². The number of nitrogens with zero attached hydrogens (tertiary/aromatic N) is 3. The quantitative estimate of drug-likeness (QED) is 0.890. The van der Waals surface area contributed by atoms with Gasteiger partial charge < -0.3 is 5.11 Å². The lowest BCUT2D eigenvalue weighted by Crippen LogP contribution is -2.04. The highest BCUT2D eigenvalue weighted by molar-refractivity contribution is 5.87. The van der Waals surface area contributed by atoms with Crippen LogP contribution in [0.4, 0.5) is 0 Å². The third kappa shape index (κ3) is 2.25. The van der Waals surface area contributed by atoms with E-state index in [-0.39, 0.29) is 5.56 Å². The van der Waals surface area contributed by atoms with Gasteiger partial charge in [-0.2, -0.15) is 5.10 Å². The molecule has 2 heterocycles. The number of carboxylic acid groups (broad SMARTS) is 1. The standard InChI is InChI=1S/C13H13N3O2/c17-13(18)10-3-4-11(14-7-10)8-16-6-5-12(15-16)9-1-2-9/h3-7,9H,1-2,8H2,(H,17,18). The van der Waals surface area contributed by atoms with Crippen molar-refractivity contribution in [3.63, 3.8) is 0 Å². The molecule has 0 atom stereocenters. The highest BCUT2D eigenvalue weighted by atomic mass is 16.4. The summed E-state index contributed by atoms with van der Waals surface area (Å²) >= 11 is 0. The van der Waals surface area contributed by atoms with Crippen LogP contribution in [0, 0.1) is 0 Å². The zero-order chi connectivity index (χ0) is 12.5. The lowest BCUT2D eigenvalue weighted by Gasteiger charge is -2.01. The molecule has 0 aromatic carbocycles. The second kappa shape index (κ2) is 4.25. The van der Waals surface area contributed by atoms with Crippen LogP contribution in [0.15, 0.2) is 30.6 Å². The SMILES string of the molecule is O=C(O)c1ccc(Cn2ccc(C3CC3)n2)nc1. The van der Waals surface area contributed by atoms with Gasteiger partial charge in [-0.3, -0.25) is 9.67 Å². The summed E-state index contributed by atoms with van der Waals surface area (Å²) in [5.74, 6) is -0.308. The highest BCUT2D eigenvalue weighted by Gasteiger charge is 2.25. The van der Waals surface area contributed by atoms with Gasteiger partial charge in [-0.1, -0.05) is 0 Å². The van der Waals surface area contributed by atoms with Crippen LogP contribution in [0.5, 0.6) is 0 Å². The van der Waals surface area contributed by atoms with Crippen molar-refractivity contribution in [2.75, 3.05) is 0 Å². The number of aromatic carboxylic acids is 1. The minimum Gasteiger partial charge on any atom is -0.478 e. The fourth-order valence-corrected chi connectivity index (χ4v) is 1.87. The van der Waals surface area contributed by atoms with E-state index in [1.807, 2.05) is 16.9 Å². The Morgan fingerprint density at radius 1 is 1.39 bits per heavy atom. The Morgan fingerprint density at radius 2 is 2.22 bits per heavy atom. The van der Waals surface area contributed by atoms with E-state index in [0.29, 0.717) is 12.5 Å². The molecule has 2 aromatic heterocycles. The number of carboxylic acids is 1. The molecule has 0 unspecified atom stereocenters. The van der Waals surface area contributed by atoms with Gasteiger partial charge in [0.1, 0.15) is 0 Å². The molecule has 1 fully saturated rings. The van der Waals surface area contributed by atoms with Crippen molar-refractivity contribution in [3.8, 4) is 0 Å². The van der Waals surface area contributed by atoms with E-state index in [0.717, 1.165) is 11.4 Å². The van der Waals surface area contributed by atoms with Crippen LogP contribution in [0.3, 0.4) is 0 Å². The average Bonchev–Trinajstić information content (AvgIpc) is 3.11. The first kappa shape index (κ1) is 11.0. The molecule has 0 radical (unpaired) electrons. The van der Waals surface area contributed by atoms with Crippen LogP contribution >= 0.6 is 0 Å². The molecule has 1 saturated carbocycles. The van der Waals surface area contributed by atoms with E-state index >= 15 is 0 Å². The highest BCUT2D eigenvalue weighted by Crippen LogP contribution is 2.38. The molecule has 0 aliphatic heterocycles. The maximum atomic E-state index is 10.7. The first-order valence-corrected chi connectivity index (χ1v) is 5.94. The molecule has 1 aliphatic rings. The molecule has 2 aromatic rings. The molecule has 5 heteroatoms. The molecule has 5 nitrogen and oxygen atoms in total. The maximum absolute atomic E-state index is 10.7. The van der Waals surface area contributed by atoms with E-state index in [2.05, 4.69) is 10.1 Å². The Labute approximate surface area is 104 Å². The van der Waals surface area contributed by atoms with E-state index in [4.69, 9.17) is 5.11 Å². The van der Waals surface area contributed by atoms with Crippen LogP contribution in [-0.4, -0.2) is 25.8 Å². The number of carbonyl (C=O) groups is 1. The second-order valence-corrected chi connectivity index (χ2v) is 4.56. The Balaban J connectivity index is 1.72. The molecule has 18 heavy (non-hydrogen) atoms. The van der Waals surface area contributed by atoms with Crippen molar-refractivity contribution in [2.45, 2.75) is 25.3 Å². The molecule has 0 saturated heterocycles. The number of hydrogen-bond acceptors (Lipinski definition) is 3. The molecule has 92 valence electrons. The third-order valence-electron chi connectivity index (χ3n) is 3.05. The number of aromatic nitrogens is 3. The summed E-state index contributed by atoms with van der Waals surface area (Å²) in [6.45, 7) is 0.576. The normalized spacial score (nSPS) is 14.7. The summed E-state index contributed by atoms with van der Waals surface area (Å²) in [4.78, 5) is 14.8. The maximum Gasteiger partial charge on any atom is 0.337 e. The summed E-state index contributed by atoms with van der Waals surface area (Å²) in [6.07, 6.45) is 5.80. The Hall–Kier alpha value is -2.17. The number of rotatable bonds is 4. The van der Waals surface area contributed by atoms with Gasteiger partial charge in [0.15, 0.2) is 0 Å². The Bertz CT molecular complexity index is 570. The zero-order valence-electron chi connectivity index (χ0n) is 9.78. The fourth-order valence-electron chi connectivity index (χ4n) is 1.87. The molecule has 3 rings (SSSR count). The van der Waals surface area contributed by atoms with Gasteiger partial charge in [0.2, 0.25) is 0 Å². The van der Waals surface area contributed by atoms with Crippen LogP contribution in [0.25, 0.3) is 0 Å². The molecular formula is C13H13N3O2. The van der Waals surface area contributed by atoms with Gasteiger partial charge in [-0.05, 0) is 31.0 Å². The minimum atomic E-state index is -0.954. The van der Waals surface area contributed by atoms with Crippen LogP contribution in [-0.2, 0) is 6.54 Å². The second-order valence-electron chi connectivity index (χ2n) is 4.56. The monoisotopic (exact) mass is 243 g/mol. The number of hydrogen-bond donors (Lipinski definition) is 1. The predicted molar refractivity (Wildman–Crippen MR) is 64.5 cm³/mol. The molecular weight excluding hydrogens is 230 g/mol. The molecule has 0 spiro atoms. The first-order chi connectivity index (χ1) is 8.72. The first-order valence-electron chi connectivity index (χ1n) is 5.94. The Kier molecular flexibility index (Phi) is 2.59. The third-order valence-corrected chi connectivity index (χ3v) is 3.05. The van der Waals surface area contributed by atoms with Crippen molar-refractivity contribution < 1.29 is 9.90 Å². The fraction of sp³-hybridized carbons (Fsp3) is 0.308. The van der Waals surface area contributed by atoms with E-state index < -0.39 is 5.97 Å². The van der Waals surface area contributed by atoms with Crippen molar-refractivity contribution in [3.05, 3.63) is 47.5 Å². The average molecular weight is 243 g/mol. The largest absolute Gasteiger partial charge is 0.478 e. The summed E-state index contributed by atoms with van der Waals surface area (Å²) < 4.78 is 1.84. The lowest BCUT2D eigenvalue weighted by molar-refractivity contribution is 0.0696. The topological polar surface area (TPSA) is 68.0 Å². The lowest BCUT2D eigenvalue weighted by atomic mass is 10.2.